The zero-order valence-electron chi connectivity index (χ0n) is 11.4. The Morgan fingerprint density at radius 3 is 2.22 bits per heavy atom. The number of methoxy groups -OCH3 is 2. The topological polar surface area (TPSA) is 76.5 Å². The number of nitrogens with one attached hydrogen (secondary N) is 1. The number of aliphatic hydroxyl groups excluding tert-OH is 1. The monoisotopic (exact) mass is 255 g/mol. The second kappa shape index (κ2) is 6.39. The predicted molar refractivity (Wildman–Crippen MR) is 69.1 cm³/mol. The Bertz CT molecular complexity index is 361. The lowest BCUT2D eigenvalue weighted by atomic mass is 9.90. The number of aromatic nitrogens is 2. The summed E-state index contributed by atoms with van der Waals surface area (Å²) in [5.74, 6) is 1.35. The van der Waals surface area contributed by atoms with Crippen molar-refractivity contribution in [3.63, 3.8) is 0 Å². The Morgan fingerprint density at radius 2 is 1.78 bits per heavy atom. The van der Waals surface area contributed by atoms with Gasteiger partial charge >= 0.3 is 0 Å². The van der Waals surface area contributed by atoms with Crippen LogP contribution in [0.3, 0.4) is 0 Å². The fraction of sp³-hybridized carbons (Fsp3) is 0.667. The molecule has 0 aliphatic heterocycles. The average Bonchev–Trinajstić information content (AvgIpc) is 2.36. The zero-order valence-corrected chi connectivity index (χ0v) is 11.4. The molecule has 18 heavy (non-hydrogen) atoms. The van der Waals surface area contributed by atoms with Gasteiger partial charge in [0.1, 0.15) is 0 Å². The van der Waals surface area contributed by atoms with Gasteiger partial charge in [0, 0.05) is 13.2 Å². The van der Waals surface area contributed by atoms with Crippen LogP contribution < -0.4 is 14.8 Å². The van der Waals surface area contributed by atoms with E-state index in [2.05, 4.69) is 29.1 Å². The third-order valence-electron chi connectivity index (χ3n) is 2.61. The third kappa shape index (κ3) is 4.37. The highest BCUT2D eigenvalue weighted by Crippen LogP contribution is 2.22. The molecule has 1 aromatic rings. The van der Waals surface area contributed by atoms with Crippen molar-refractivity contribution in [3.8, 4) is 11.8 Å². The molecule has 0 saturated heterocycles. The highest BCUT2D eigenvalue weighted by atomic mass is 16.5. The van der Waals surface area contributed by atoms with Gasteiger partial charge in [-0.25, -0.2) is 0 Å². The summed E-state index contributed by atoms with van der Waals surface area (Å²) in [4.78, 5) is 8.35. The Hall–Kier alpha value is -1.56. The van der Waals surface area contributed by atoms with Crippen LogP contribution in [-0.4, -0.2) is 42.4 Å². The SMILES string of the molecule is COc1cc(OC)nc(NCC(C)(C)CCO)n1. The van der Waals surface area contributed by atoms with E-state index >= 15 is 0 Å². The van der Waals surface area contributed by atoms with Gasteiger partial charge in [0.2, 0.25) is 17.7 Å². The van der Waals surface area contributed by atoms with Crippen LogP contribution in [0, 0.1) is 5.41 Å². The molecular weight excluding hydrogens is 234 g/mol. The molecular formula is C12H21N3O3. The van der Waals surface area contributed by atoms with Gasteiger partial charge in [-0.15, -0.1) is 0 Å². The summed E-state index contributed by atoms with van der Waals surface area (Å²) >= 11 is 0. The highest BCUT2D eigenvalue weighted by molar-refractivity contribution is 5.33. The van der Waals surface area contributed by atoms with Crippen molar-refractivity contribution in [1.82, 2.24) is 9.97 Å². The van der Waals surface area contributed by atoms with Crippen molar-refractivity contribution < 1.29 is 14.6 Å². The van der Waals surface area contributed by atoms with Gasteiger partial charge in [0.05, 0.1) is 20.3 Å². The summed E-state index contributed by atoms with van der Waals surface area (Å²) in [5, 5.41) is 12.1. The van der Waals surface area contributed by atoms with Crippen LogP contribution in [0.2, 0.25) is 0 Å². The lowest BCUT2D eigenvalue weighted by Crippen LogP contribution is -2.25. The van der Waals surface area contributed by atoms with Crippen molar-refractivity contribution in [3.05, 3.63) is 6.07 Å². The van der Waals surface area contributed by atoms with Crippen LogP contribution in [-0.2, 0) is 0 Å². The maximum atomic E-state index is 8.96. The first-order valence-electron chi connectivity index (χ1n) is 5.82. The first-order chi connectivity index (χ1) is 8.50. The Labute approximate surface area is 107 Å². The zero-order chi connectivity index (χ0) is 13.6. The largest absolute Gasteiger partial charge is 0.481 e. The van der Waals surface area contributed by atoms with Crippen molar-refractivity contribution in [1.29, 1.82) is 0 Å². The summed E-state index contributed by atoms with van der Waals surface area (Å²) < 4.78 is 10.1. The number of hydrogen-bond acceptors (Lipinski definition) is 6. The van der Waals surface area contributed by atoms with Gasteiger partial charge in [-0.2, -0.15) is 9.97 Å². The summed E-state index contributed by atoms with van der Waals surface area (Å²) in [5.41, 5.74) is -0.0333. The maximum Gasteiger partial charge on any atom is 0.229 e. The molecule has 0 saturated carbocycles. The fourth-order valence-electron chi connectivity index (χ4n) is 1.40. The van der Waals surface area contributed by atoms with Gasteiger partial charge in [-0.1, -0.05) is 13.8 Å². The number of rotatable bonds is 7. The van der Waals surface area contributed by atoms with E-state index in [1.54, 1.807) is 20.3 Å². The molecule has 0 spiro atoms. The number of ether oxygens (including phenoxy) is 2. The van der Waals surface area contributed by atoms with Crippen LogP contribution in [0.4, 0.5) is 5.95 Å². The molecule has 0 amide bonds. The summed E-state index contributed by atoms with van der Waals surface area (Å²) in [7, 11) is 3.09. The van der Waals surface area contributed by atoms with Crippen molar-refractivity contribution in [2.45, 2.75) is 20.3 Å². The van der Waals surface area contributed by atoms with E-state index in [-0.39, 0.29) is 12.0 Å². The van der Waals surface area contributed by atoms with Crippen molar-refractivity contribution >= 4 is 5.95 Å². The summed E-state index contributed by atoms with van der Waals surface area (Å²) in [6, 6.07) is 1.62. The van der Waals surface area contributed by atoms with Crippen LogP contribution >= 0.6 is 0 Å². The van der Waals surface area contributed by atoms with Gasteiger partial charge < -0.3 is 19.9 Å². The standard InChI is InChI=1S/C12H21N3O3/c1-12(2,5-6-16)8-13-11-14-9(17-3)7-10(15-11)18-4/h7,16H,5-6,8H2,1-4H3,(H,13,14,15). The molecule has 0 unspecified atom stereocenters. The quantitative estimate of drug-likeness (QED) is 0.765. The minimum Gasteiger partial charge on any atom is -0.481 e. The molecule has 102 valence electrons. The Morgan fingerprint density at radius 1 is 1.22 bits per heavy atom. The van der Waals surface area contributed by atoms with E-state index in [4.69, 9.17) is 14.6 Å². The molecule has 6 heteroatoms. The van der Waals surface area contributed by atoms with Crippen LogP contribution in [0.15, 0.2) is 6.07 Å². The molecule has 0 radical (unpaired) electrons. The van der Waals surface area contributed by atoms with Gasteiger partial charge in [0.25, 0.3) is 0 Å². The first-order valence-corrected chi connectivity index (χ1v) is 5.82. The van der Waals surface area contributed by atoms with Crippen molar-refractivity contribution in [2.75, 3.05) is 32.7 Å². The van der Waals surface area contributed by atoms with Gasteiger partial charge in [0.15, 0.2) is 0 Å². The minimum absolute atomic E-state index is 0.0333. The second-order valence-electron chi connectivity index (χ2n) is 4.77. The Balaban J connectivity index is 2.72. The predicted octanol–water partition coefficient (Wildman–Crippen LogP) is 1.31. The van der Waals surface area contributed by atoms with E-state index < -0.39 is 0 Å². The lowest BCUT2D eigenvalue weighted by Gasteiger charge is -2.23. The van der Waals surface area contributed by atoms with E-state index in [9.17, 15) is 0 Å². The summed E-state index contributed by atoms with van der Waals surface area (Å²) in [6.45, 7) is 4.95. The molecule has 0 atom stereocenters. The smallest absolute Gasteiger partial charge is 0.229 e. The maximum absolute atomic E-state index is 8.96. The van der Waals surface area contributed by atoms with Crippen molar-refractivity contribution in [2.24, 2.45) is 5.41 Å². The number of hydrogen-bond donors (Lipinski definition) is 2. The first kappa shape index (κ1) is 14.5. The molecule has 0 bridgehead atoms. The number of aliphatic hydroxyl groups is 1. The van der Waals surface area contributed by atoms with Gasteiger partial charge in [-0.3, -0.25) is 0 Å². The second-order valence-corrected chi connectivity index (χ2v) is 4.77. The molecule has 1 rings (SSSR count). The molecule has 1 aromatic heterocycles. The van der Waals surface area contributed by atoms with E-state index in [0.717, 1.165) is 0 Å². The third-order valence-corrected chi connectivity index (χ3v) is 2.61. The van der Waals surface area contributed by atoms with E-state index in [0.29, 0.717) is 30.7 Å². The van der Waals surface area contributed by atoms with Gasteiger partial charge in [-0.05, 0) is 11.8 Å². The van der Waals surface area contributed by atoms with Crippen LogP contribution in [0.5, 0.6) is 11.8 Å². The Kier molecular flexibility index (Phi) is 5.15. The summed E-state index contributed by atoms with van der Waals surface area (Å²) in [6.07, 6.45) is 0.709. The highest BCUT2D eigenvalue weighted by Gasteiger charge is 2.17. The van der Waals surface area contributed by atoms with E-state index in [1.807, 2.05) is 0 Å². The minimum atomic E-state index is -0.0333. The number of nitrogens with zero attached hydrogens (tertiary/aromatic N) is 2. The van der Waals surface area contributed by atoms with Crippen LogP contribution in [0.25, 0.3) is 0 Å². The van der Waals surface area contributed by atoms with Crippen LogP contribution in [0.1, 0.15) is 20.3 Å². The molecule has 6 nitrogen and oxygen atoms in total. The molecule has 0 aliphatic carbocycles. The van der Waals surface area contributed by atoms with E-state index in [1.165, 1.54) is 0 Å². The molecule has 0 aliphatic rings. The lowest BCUT2D eigenvalue weighted by molar-refractivity contribution is 0.220. The number of anilines is 1. The fourth-order valence-corrected chi connectivity index (χ4v) is 1.40. The molecule has 0 fully saturated rings. The average molecular weight is 255 g/mol. The normalized spacial score (nSPS) is 11.2. The molecule has 2 N–H and O–H groups in total. The molecule has 0 aromatic carbocycles. The molecule has 1 heterocycles.